The SMILES string of the molecule is O=C1C(=O)N(c2cccc(F)c2)C(c2ccccn2)/C1=C(\O)c1ccc(F)cc1. The Morgan fingerprint density at radius 1 is 0.931 bits per heavy atom. The number of aliphatic hydroxyl groups excluding tert-OH is 1. The first-order valence-corrected chi connectivity index (χ1v) is 8.71. The smallest absolute Gasteiger partial charge is 0.300 e. The molecular formula is C22H14F2N2O3. The van der Waals surface area contributed by atoms with Crippen LogP contribution in [0, 0.1) is 11.6 Å². The Morgan fingerprint density at radius 3 is 2.34 bits per heavy atom. The number of rotatable bonds is 3. The molecule has 2 aromatic carbocycles. The van der Waals surface area contributed by atoms with Crippen LogP contribution in [0.2, 0.25) is 0 Å². The zero-order valence-electron chi connectivity index (χ0n) is 14.9. The zero-order chi connectivity index (χ0) is 20.5. The molecule has 1 unspecified atom stereocenters. The Bertz CT molecular complexity index is 1130. The predicted octanol–water partition coefficient (Wildman–Crippen LogP) is 3.99. The number of halogens is 2. The average Bonchev–Trinajstić information content (AvgIpc) is 2.99. The van der Waals surface area contributed by atoms with Crippen LogP contribution in [0.4, 0.5) is 14.5 Å². The highest BCUT2D eigenvalue weighted by molar-refractivity contribution is 6.51. The number of Topliss-reactive ketones (excluding diaryl/α,β-unsaturated/α-hetero) is 1. The Kier molecular flexibility index (Phi) is 4.64. The van der Waals surface area contributed by atoms with Gasteiger partial charge in [0, 0.05) is 17.4 Å². The van der Waals surface area contributed by atoms with Gasteiger partial charge in [0.1, 0.15) is 23.4 Å². The monoisotopic (exact) mass is 392 g/mol. The van der Waals surface area contributed by atoms with E-state index >= 15 is 0 Å². The number of nitrogens with zero attached hydrogens (tertiary/aromatic N) is 2. The lowest BCUT2D eigenvalue weighted by Crippen LogP contribution is -2.29. The molecule has 5 nitrogen and oxygen atoms in total. The fourth-order valence-corrected chi connectivity index (χ4v) is 3.31. The summed E-state index contributed by atoms with van der Waals surface area (Å²) in [7, 11) is 0. The number of anilines is 1. The molecule has 1 N–H and O–H groups in total. The topological polar surface area (TPSA) is 70.5 Å². The maximum Gasteiger partial charge on any atom is 0.300 e. The van der Waals surface area contributed by atoms with E-state index in [9.17, 15) is 23.5 Å². The third kappa shape index (κ3) is 3.27. The van der Waals surface area contributed by atoms with Crippen LogP contribution >= 0.6 is 0 Å². The fraction of sp³-hybridized carbons (Fsp3) is 0.0455. The zero-order valence-corrected chi connectivity index (χ0v) is 14.9. The van der Waals surface area contributed by atoms with Gasteiger partial charge < -0.3 is 5.11 Å². The van der Waals surface area contributed by atoms with Crippen LogP contribution < -0.4 is 4.90 Å². The summed E-state index contributed by atoms with van der Waals surface area (Å²) in [5.41, 5.74) is 0.440. The maximum absolute atomic E-state index is 13.8. The van der Waals surface area contributed by atoms with Crippen LogP contribution in [0.15, 0.2) is 78.5 Å². The highest BCUT2D eigenvalue weighted by Gasteiger charge is 2.47. The van der Waals surface area contributed by atoms with E-state index in [1.807, 2.05) is 0 Å². The van der Waals surface area contributed by atoms with Crippen LogP contribution in [-0.2, 0) is 9.59 Å². The minimum absolute atomic E-state index is 0.154. The first-order valence-electron chi connectivity index (χ1n) is 8.71. The molecule has 1 aromatic heterocycles. The van der Waals surface area contributed by atoms with Crippen molar-refractivity contribution in [3.8, 4) is 0 Å². The Balaban J connectivity index is 1.94. The van der Waals surface area contributed by atoms with Crippen molar-refractivity contribution in [1.29, 1.82) is 0 Å². The van der Waals surface area contributed by atoms with Crippen molar-refractivity contribution < 1.29 is 23.5 Å². The molecule has 0 radical (unpaired) electrons. The molecule has 0 spiro atoms. The third-order valence-electron chi connectivity index (χ3n) is 4.62. The van der Waals surface area contributed by atoms with E-state index in [4.69, 9.17) is 0 Å². The molecule has 0 aliphatic carbocycles. The molecule has 1 atom stereocenters. The maximum atomic E-state index is 13.8. The van der Waals surface area contributed by atoms with E-state index in [1.54, 1.807) is 18.2 Å². The molecule has 0 bridgehead atoms. The van der Waals surface area contributed by atoms with Gasteiger partial charge in [0.2, 0.25) is 0 Å². The number of aromatic nitrogens is 1. The number of ketones is 1. The molecule has 1 saturated heterocycles. The Labute approximate surface area is 164 Å². The van der Waals surface area contributed by atoms with E-state index in [0.29, 0.717) is 5.69 Å². The van der Waals surface area contributed by atoms with Crippen LogP contribution in [0.25, 0.3) is 5.76 Å². The normalized spacial score (nSPS) is 18.3. The second-order valence-corrected chi connectivity index (χ2v) is 6.41. The van der Waals surface area contributed by atoms with Crippen LogP contribution in [-0.4, -0.2) is 21.8 Å². The van der Waals surface area contributed by atoms with Gasteiger partial charge in [0.05, 0.1) is 11.3 Å². The van der Waals surface area contributed by atoms with Gasteiger partial charge in [0.25, 0.3) is 11.7 Å². The molecule has 29 heavy (non-hydrogen) atoms. The quantitative estimate of drug-likeness (QED) is 0.416. The average molecular weight is 392 g/mol. The summed E-state index contributed by atoms with van der Waals surface area (Å²) in [6, 6.07) is 14.0. The first-order chi connectivity index (χ1) is 14.0. The van der Waals surface area contributed by atoms with Gasteiger partial charge in [-0.1, -0.05) is 12.1 Å². The van der Waals surface area contributed by atoms with E-state index in [1.165, 1.54) is 36.5 Å². The van der Waals surface area contributed by atoms with E-state index in [-0.39, 0.29) is 16.8 Å². The minimum atomic E-state index is -1.07. The standard InChI is InChI=1S/C22H14F2N2O3/c23-14-9-7-13(8-10-14)20(27)18-19(17-6-1-2-11-25-17)26(22(29)21(18)28)16-5-3-4-15(24)12-16/h1-12,19,27H/b20-18+. The van der Waals surface area contributed by atoms with Gasteiger partial charge in [0.15, 0.2) is 0 Å². The lowest BCUT2D eigenvalue weighted by molar-refractivity contribution is -0.132. The molecule has 1 aliphatic heterocycles. The first kappa shape index (κ1) is 18.5. The number of carbonyl (C=O) groups is 2. The van der Waals surface area contributed by atoms with Crippen LogP contribution in [0.3, 0.4) is 0 Å². The second-order valence-electron chi connectivity index (χ2n) is 6.41. The van der Waals surface area contributed by atoms with Crippen molar-refractivity contribution in [2.75, 3.05) is 4.90 Å². The molecule has 144 valence electrons. The summed E-state index contributed by atoms with van der Waals surface area (Å²) in [6.45, 7) is 0. The van der Waals surface area contributed by atoms with Crippen molar-refractivity contribution in [2.45, 2.75) is 6.04 Å². The molecule has 0 saturated carbocycles. The Morgan fingerprint density at radius 2 is 1.69 bits per heavy atom. The van der Waals surface area contributed by atoms with Crippen LogP contribution in [0.5, 0.6) is 0 Å². The van der Waals surface area contributed by atoms with E-state index in [2.05, 4.69) is 4.98 Å². The number of benzene rings is 2. The molecule has 7 heteroatoms. The van der Waals surface area contributed by atoms with Gasteiger partial charge >= 0.3 is 0 Å². The molecular weight excluding hydrogens is 378 g/mol. The number of aliphatic hydroxyl groups is 1. The number of amides is 1. The molecule has 2 heterocycles. The molecule has 1 fully saturated rings. The number of pyridine rings is 1. The van der Waals surface area contributed by atoms with Gasteiger partial charge in [-0.05, 0) is 54.6 Å². The van der Waals surface area contributed by atoms with Crippen molar-refractivity contribution >= 4 is 23.1 Å². The van der Waals surface area contributed by atoms with Gasteiger partial charge in [-0.25, -0.2) is 8.78 Å². The number of carbonyl (C=O) groups excluding carboxylic acids is 2. The third-order valence-corrected chi connectivity index (χ3v) is 4.62. The number of hydrogen-bond donors (Lipinski definition) is 1. The highest BCUT2D eigenvalue weighted by Crippen LogP contribution is 2.41. The summed E-state index contributed by atoms with van der Waals surface area (Å²) < 4.78 is 27.1. The molecule has 3 aromatic rings. The van der Waals surface area contributed by atoms with E-state index < -0.39 is 35.1 Å². The largest absolute Gasteiger partial charge is 0.507 e. The van der Waals surface area contributed by atoms with Crippen molar-refractivity contribution in [1.82, 2.24) is 4.98 Å². The minimum Gasteiger partial charge on any atom is -0.507 e. The molecule has 1 amide bonds. The summed E-state index contributed by atoms with van der Waals surface area (Å²) >= 11 is 0. The summed E-state index contributed by atoms with van der Waals surface area (Å²) in [6.07, 6.45) is 1.49. The summed E-state index contributed by atoms with van der Waals surface area (Å²) in [5.74, 6) is -3.41. The van der Waals surface area contributed by atoms with Gasteiger partial charge in [-0.15, -0.1) is 0 Å². The summed E-state index contributed by atoms with van der Waals surface area (Å²) in [4.78, 5) is 31.0. The van der Waals surface area contributed by atoms with Gasteiger partial charge in [-0.2, -0.15) is 0 Å². The van der Waals surface area contributed by atoms with Crippen LogP contribution in [0.1, 0.15) is 17.3 Å². The lowest BCUT2D eigenvalue weighted by atomic mass is 9.98. The second kappa shape index (κ2) is 7.27. The highest BCUT2D eigenvalue weighted by atomic mass is 19.1. The van der Waals surface area contributed by atoms with Gasteiger partial charge in [-0.3, -0.25) is 19.5 Å². The molecule has 1 aliphatic rings. The molecule has 4 rings (SSSR count). The van der Waals surface area contributed by atoms with Crippen molar-refractivity contribution in [3.05, 3.63) is 101 Å². The Hall–Kier alpha value is -3.87. The lowest BCUT2D eigenvalue weighted by Gasteiger charge is -2.24. The summed E-state index contributed by atoms with van der Waals surface area (Å²) in [5, 5.41) is 10.8. The van der Waals surface area contributed by atoms with E-state index in [0.717, 1.165) is 23.1 Å². The number of hydrogen-bond acceptors (Lipinski definition) is 4. The van der Waals surface area contributed by atoms with Crippen molar-refractivity contribution in [2.24, 2.45) is 0 Å². The van der Waals surface area contributed by atoms with Crippen molar-refractivity contribution in [3.63, 3.8) is 0 Å². The predicted molar refractivity (Wildman–Crippen MR) is 102 cm³/mol. The fourth-order valence-electron chi connectivity index (χ4n) is 3.31.